The predicted octanol–water partition coefficient (Wildman–Crippen LogP) is 2.53. The molecule has 2 aromatic heterocycles. The van der Waals surface area contributed by atoms with Gasteiger partial charge in [0, 0.05) is 12.1 Å². The second-order valence-electron chi connectivity index (χ2n) is 3.68. The van der Waals surface area contributed by atoms with Crippen LogP contribution in [0.15, 0.2) is 23.6 Å². The van der Waals surface area contributed by atoms with E-state index in [0.717, 1.165) is 16.3 Å². The van der Waals surface area contributed by atoms with Crippen molar-refractivity contribution in [3.63, 3.8) is 0 Å². The fourth-order valence-corrected chi connectivity index (χ4v) is 2.20. The smallest absolute Gasteiger partial charge is 0.303 e. The molecule has 0 aromatic carbocycles. The molecule has 0 radical (unpaired) electrons. The molecule has 2 rings (SSSR count). The molecule has 4 nitrogen and oxygen atoms in total. The minimum atomic E-state index is -0.826. The fourth-order valence-electron chi connectivity index (χ4n) is 1.51. The van der Waals surface area contributed by atoms with Gasteiger partial charge in [0.2, 0.25) is 0 Å². The van der Waals surface area contributed by atoms with Crippen molar-refractivity contribution in [3.8, 4) is 10.6 Å². The van der Waals surface area contributed by atoms with Crippen LogP contribution in [-0.4, -0.2) is 21.0 Å². The molecule has 0 fully saturated rings. The molecule has 2 heterocycles. The number of hydrogen-bond acceptors (Lipinski definition) is 4. The van der Waals surface area contributed by atoms with Crippen molar-refractivity contribution in [1.82, 2.24) is 9.97 Å². The Morgan fingerprint density at radius 2 is 2.29 bits per heavy atom. The molecule has 2 aromatic rings. The molecule has 0 unspecified atom stereocenters. The van der Waals surface area contributed by atoms with Crippen LogP contribution in [0.1, 0.15) is 17.9 Å². The van der Waals surface area contributed by atoms with E-state index >= 15 is 0 Å². The van der Waals surface area contributed by atoms with E-state index in [9.17, 15) is 4.79 Å². The zero-order valence-corrected chi connectivity index (χ0v) is 10.2. The summed E-state index contributed by atoms with van der Waals surface area (Å²) in [5.74, 6) is -0.233. The summed E-state index contributed by atoms with van der Waals surface area (Å²) in [6, 6.07) is 5.87. The van der Waals surface area contributed by atoms with Gasteiger partial charge in [-0.1, -0.05) is 6.07 Å². The largest absolute Gasteiger partial charge is 0.481 e. The molecule has 17 heavy (non-hydrogen) atoms. The minimum absolute atomic E-state index is 0.0628. The first-order chi connectivity index (χ1) is 8.15. The zero-order valence-electron chi connectivity index (χ0n) is 9.38. The van der Waals surface area contributed by atoms with Crippen molar-refractivity contribution < 1.29 is 9.90 Å². The molecule has 1 N–H and O–H groups in total. The Bertz CT molecular complexity index is 523. The monoisotopic (exact) mass is 248 g/mol. The Kier molecular flexibility index (Phi) is 3.49. The van der Waals surface area contributed by atoms with Crippen molar-refractivity contribution in [2.75, 3.05) is 0 Å². The number of carboxylic acid groups (broad SMARTS) is 1. The van der Waals surface area contributed by atoms with Crippen molar-refractivity contribution in [2.24, 2.45) is 0 Å². The van der Waals surface area contributed by atoms with Gasteiger partial charge in [-0.3, -0.25) is 4.79 Å². The van der Waals surface area contributed by atoms with Gasteiger partial charge in [0.25, 0.3) is 0 Å². The van der Waals surface area contributed by atoms with Gasteiger partial charge >= 0.3 is 5.97 Å². The average Bonchev–Trinajstić information content (AvgIpc) is 2.79. The van der Waals surface area contributed by atoms with Crippen LogP contribution in [0, 0.1) is 6.92 Å². The highest BCUT2D eigenvalue weighted by Gasteiger charge is 2.07. The standard InChI is InChI=1S/C12H12N2O2S/c1-8-7-9(10-3-2-6-17-10)14-11(13-8)4-5-12(15)16/h2-3,6-7H,4-5H2,1H3,(H,15,16). The average molecular weight is 248 g/mol. The van der Waals surface area contributed by atoms with Crippen LogP contribution in [0.5, 0.6) is 0 Å². The van der Waals surface area contributed by atoms with Gasteiger partial charge in [-0.2, -0.15) is 0 Å². The maximum absolute atomic E-state index is 10.5. The topological polar surface area (TPSA) is 63.1 Å². The first-order valence-corrected chi connectivity index (χ1v) is 6.13. The number of thiophene rings is 1. The van der Waals surface area contributed by atoms with Crippen LogP contribution in [-0.2, 0) is 11.2 Å². The lowest BCUT2D eigenvalue weighted by Gasteiger charge is -2.03. The Morgan fingerprint density at radius 3 is 2.94 bits per heavy atom. The van der Waals surface area contributed by atoms with Gasteiger partial charge < -0.3 is 5.11 Å². The van der Waals surface area contributed by atoms with Gasteiger partial charge in [-0.15, -0.1) is 11.3 Å². The Hall–Kier alpha value is -1.75. The van der Waals surface area contributed by atoms with Gasteiger partial charge in [0.05, 0.1) is 17.0 Å². The summed E-state index contributed by atoms with van der Waals surface area (Å²) in [4.78, 5) is 20.2. The SMILES string of the molecule is Cc1cc(-c2cccs2)nc(CCC(=O)O)n1. The van der Waals surface area contributed by atoms with Gasteiger partial charge in [-0.05, 0) is 24.4 Å². The first kappa shape index (κ1) is 11.7. The fraction of sp³-hybridized carbons (Fsp3) is 0.250. The number of rotatable bonds is 4. The molecule has 0 saturated carbocycles. The molecule has 0 saturated heterocycles. The van der Waals surface area contributed by atoms with Crippen molar-refractivity contribution in [3.05, 3.63) is 35.1 Å². The molecule has 5 heteroatoms. The number of aromatic nitrogens is 2. The summed E-state index contributed by atoms with van der Waals surface area (Å²) < 4.78 is 0. The third kappa shape index (κ3) is 3.10. The number of nitrogens with zero attached hydrogens (tertiary/aromatic N) is 2. The van der Waals surface area contributed by atoms with E-state index < -0.39 is 5.97 Å². The lowest BCUT2D eigenvalue weighted by atomic mass is 10.2. The van der Waals surface area contributed by atoms with E-state index in [-0.39, 0.29) is 6.42 Å². The molecule has 0 aliphatic carbocycles. The van der Waals surface area contributed by atoms with E-state index in [1.165, 1.54) is 0 Å². The summed E-state index contributed by atoms with van der Waals surface area (Å²) >= 11 is 1.61. The molecular weight excluding hydrogens is 236 g/mol. The molecule has 88 valence electrons. The van der Waals surface area contributed by atoms with Crippen molar-refractivity contribution in [1.29, 1.82) is 0 Å². The van der Waals surface area contributed by atoms with Gasteiger partial charge in [-0.25, -0.2) is 9.97 Å². The number of carboxylic acids is 1. The zero-order chi connectivity index (χ0) is 12.3. The van der Waals surface area contributed by atoms with Gasteiger partial charge in [0.1, 0.15) is 5.82 Å². The van der Waals surface area contributed by atoms with Gasteiger partial charge in [0.15, 0.2) is 0 Å². The van der Waals surface area contributed by atoms with Crippen LogP contribution in [0.4, 0.5) is 0 Å². The van der Waals surface area contributed by atoms with Crippen molar-refractivity contribution >= 4 is 17.3 Å². The van der Waals surface area contributed by atoms with E-state index in [1.807, 2.05) is 30.5 Å². The Morgan fingerprint density at radius 1 is 1.47 bits per heavy atom. The highest BCUT2D eigenvalue weighted by Crippen LogP contribution is 2.23. The summed E-state index contributed by atoms with van der Waals surface area (Å²) in [5.41, 5.74) is 1.73. The second-order valence-corrected chi connectivity index (χ2v) is 4.63. The number of aliphatic carboxylic acids is 1. The summed E-state index contributed by atoms with van der Waals surface area (Å²) in [6.45, 7) is 1.89. The third-order valence-electron chi connectivity index (χ3n) is 2.24. The highest BCUT2D eigenvalue weighted by molar-refractivity contribution is 7.13. The molecular formula is C12H12N2O2S. The molecule has 0 aliphatic rings. The summed E-state index contributed by atoms with van der Waals surface area (Å²) in [6.07, 6.45) is 0.433. The maximum Gasteiger partial charge on any atom is 0.303 e. The highest BCUT2D eigenvalue weighted by atomic mass is 32.1. The molecule has 0 bridgehead atoms. The van der Waals surface area contributed by atoms with E-state index in [4.69, 9.17) is 5.11 Å². The summed E-state index contributed by atoms with van der Waals surface area (Å²) in [5, 5.41) is 10.6. The minimum Gasteiger partial charge on any atom is -0.481 e. The molecule has 0 atom stereocenters. The molecule has 0 amide bonds. The number of carbonyl (C=O) groups is 1. The van der Waals surface area contributed by atoms with Crippen molar-refractivity contribution in [2.45, 2.75) is 19.8 Å². The van der Waals surface area contributed by atoms with E-state index in [1.54, 1.807) is 11.3 Å². The van der Waals surface area contributed by atoms with Crippen LogP contribution in [0.25, 0.3) is 10.6 Å². The lowest BCUT2D eigenvalue weighted by Crippen LogP contribution is -2.03. The predicted molar refractivity (Wildman–Crippen MR) is 66.0 cm³/mol. The number of hydrogen-bond donors (Lipinski definition) is 1. The third-order valence-corrected chi connectivity index (χ3v) is 3.13. The lowest BCUT2D eigenvalue weighted by molar-refractivity contribution is -0.137. The summed E-state index contributed by atoms with van der Waals surface area (Å²) in [7, 11) is 0. The van der Waals surface area contributed by atoms with Crippen LogP contribution < -0.4 is 0 Å². The quantitative estimate of drug-likeness (QED) is 0.903. The Labute approximate surface area is 103 Å². The second kappa shape index (κ2) is 5.05. The van der Waals surface area contributed by atoms with Crippen LogP contribution in [0.3, 0.4) is 0 Å². The maximum atomic E-state index is 10.5. The molecule has 0 aliphatic heterocycles. The number of aryl methyl sites for hydroxylation is 2. The Balaban J connectivity index is 2.26. The van der Waals surface area contributed by atoms with E-state index in [0.29, 0.717) is 12.2 Å². The van der Waals surface area contributed by atoms with Crippen LogP contribution >= 0.6 is 11.3 Å². The normalized spacial score (nSPS) is 10.4. The molecule has 0 spiro atoms. The van der Waals surface area contributed by atoms with Crippen LogP contribution in [0.2, 0.25) is 0 Å². The first-order valence-electron chi connectivity index (χ1n) is 5.25. The van der Waals surface area contributed by atoms with E-state index in [2.05, 4.69) is 9.97 Å².